The van der Waals surface area contributed by atoms with Crippen molar-refractivity contribution in [3.63, 3.8) is 0 Å². The number of carbonyl (C=O) groups excluding carboxylic acids is 2. The molecule has 0 spiro atoms. The van der Waals surface area contributed by atoms with Gasteiger partial charge < -0.3 is 25.4 Å². The fraction of sp³-hybridized carbons (Fsp3) is 0.235. The Bertz CT molecular complexity index is 835. The van der Waals surface area contributed by atoms with Crippen LogP contribution in [0.3, 0.4) is 0 Å². The minimum atomic E-state index is -1.15. The normalized spacial score (nSPS) is 14.6. The maximum atomic E-state index is 12.5. The van der Waals surface area contributed by atoms with Gasteiger partial charge in [-0.2, -0.15) is 0 Å². The summed E-state index contributed by atoms with van der Waals surface area (Å²) in [4.78, 5) is 28.8. The highest BCUT2D eigenvalue weighted by atomic mass is 32.2. The predicted octanol–water partition coefficient (Wildman–Crippen LogP) is 0.493. The van der Waals surface area contributed by atoms with Crippen molar-refractivity contribution >= 4 is 28.7 Å². The van der Waals surface area contributed by atoms with Gasteiger partial charge in [-0.05, 0) is 30.3 Å². The number of carbonyl (C=O) groups is 2. The first-order valence-electron chi connectivity index (χ1n) is 7.94. The molecule has 2 aromatic rings. The first-order chi connectivity index (χ1) is 12.6. The molecule has 1 aromatic heterocycles. The van der Waals surface area contributed by atoms with Crippen LogP contribution in [0.15, 0.2) is 47.7 Å². The largest absolute Gasteiger partial charge is 0.507 e. The Labute approximate surface area is 153 Å². The zero-order valence-electron chi connectivity index (χ0n) is 13.8. The van der Waals surface area contributed by atoms with Gasteiger partial charge in [-0.1, -0.05) is 11.8 Å². The summed E-state index contributed by atoms with van der Waals surface area (Å²) in [6.07, 6.45) is 3.61. The summed E-state index contributed by atoms with van der Waals surface area (Å²) >= 11 is 1.40. The molecule has 9 heteroatoms. The molecule has 0 unspecified atom stereocenters. The van der Waals surface area contributed by atoms with Crippen LogP contribution in [0.4, 0.5) is 0 Å². The molecule has 1 aliphatic rings. The molecule has 2 heterocycles. The van der Waals surface area contributed by atoms with Crippen LogP contribution in [0.5, 0.6) is 5.75 Å². The number of amides is 2. The number of aromatic nitrogens is 1. The van der Waals surface area contributed by atoms with Gasteiger partial charge in [-0.15, -0.1) is 0 Å². The molecule has 0 fully saturated rings. The second kappa shape index (κ2) is 8.07. The monoisotopic (exact) mass is 374 g/mol. The number of aliphatic hydroxyl groups is 1. The standard InChI is InChI=1S/C17H18N4O4S/c22-10-13(16(25)20-17-18-5-8-26-17)19-15(24)12-9-11(3-4-14(12)23)21-6-1-2-7-21/h1-4,6-7,9,13,22-23H,5,8,10H2,(H,19,24)(H,18,20,25)/t13-/m0/s1. The third-order valence-corrected chi connectivity index (χ3v) is 4.64. The van der Waals surface area contributed by atoms with Gasteiger partial charge >= 0.3 is 0 Å². The fourth-order valence-corrected chi connectivity index (χ4v) is 3.14. The molecule has 0 bridgehead atoms. The van der Waals surface area contributed by atoms with Crippen molar-refractivity contribution in [1.82, 2.24) is 15.2 Å². The van der Waals surface area contributed by atoms with Crippen LogP contribution in [0.2, 0.25) is 0 Å². The van der Waals surface area contributed by atoms with E-state index in [0.717, 1.165) is 5.75 Å². The molecule has 1 aliphatic heterocycles. The quantitative estimate of drug-likeness (QED) is 0.608. The second-order valence-electron chi connectivity index (χ2n) is 5.52. The van der Waals surface area contributed by atoms with E-state index in [0.29, 0.717) is 17.4 Å². The van der Waals surface area contributed by atoms with Crippen LogP contribution in [0.25, 0.3) is 5.69 Å². The number of aromatic hydroxyl groups is 1. The van der Waals surface area contributed by atoms with Gasteiger partial charge in [0, 0.05) is 23.8 Å². The number of phenolic OH excluding ortho intramolecular Hbond substituents is 1. The number of aliphatic hydroxyl groups excluding tert-OH is 1. The molecule has 2 amide bonds. The number of amidine groups is 1. The van der Waals surface area contributed by atoms with E-state index >= 15 is 0 Å². The van der Waals surface area contributed by atoms with Crippen molar-refractivity contribution in [3.8, 4) is 11.4 Å². The lowest BCUT2D eigenvalue weighted by atomic mass is 10.1. The first kappa shape index (κ1) is 18.0. The molecule has 26 heavy (non-hydrogen) atoms. The zero-order chi connectivity index (χ0) is 18.5. The summed E-state index contributed by atoms with van der Waals surface area (Å²) in [6, 6.07) is 7.10. The van der Waals surface area contributed by atoms with Crippen LogP contribution in [-0.2, 0) is 4.79 Å². The van der Waals surface area contributed by atoms with E-state index in [2.05, 4.69) is 15.6 Å². The lowest BCUT2D eigenvalue weighted by Gasteiger charge is -2.17. The molecule has 0 aliphatic carbocycles. The van der Waals surface area contributed by atoms with E-state index in [1.54, 1.807) is 23.0 Å². The second-order valence-corrected chi connectivity index (χ2v) is 6.61. The fourth-order valence-electron chi connectivity index (χ4n) is 2.41. The van der Waals surface area contributed by atoms with Gasteiger partial charge in [0.1, 0.15) is 11.8 Å². The van der Waals surface area contributed by atoms with Gasteiger partial charge in [0.15, 0.2) is 5.17 Å². The van der Waals surface area contributed by atoms with Crippen molar-refractivity contribution in [2.45, 2.75) is 6.04 Å². The Morgan fingerprint density at radius 3 is 2.73 bits per heavy atom. The summed E-state index contributed by atoms with van der Waals surface area (Å²) in [5.41, 5.74) is 0.690. The van der Waals surface area contributed by atoms with Crippen molar-refractivity contribution in [1.29, 1.82) is 0 Å². The van der Waals surface area contributed by atoms with E-state index in [9.17, 15) is 19.8 Å². The van der Waals surface area contributed by atoms with Crippen LogP contribution in [0.1, 0.15) is 10.4 Å². The number of hydrogen-bond acceptors (Lipinski definition) is 6. The number of nitrogens with zero attached hydrogens (tertiary/aromatic N) is 2. The molecule has 0 saturated carbocycles. The Kier molecular flexibility index (Phi) is 5.59. The summed E-state index contributed by atoms with van der Waals surface area (Å²) in [7, 11) is 0. The molecule has 136 valence electrons. The number of phenols is 1. The lowest BCUT2D eigenvalue weighted by molar-refractivity contribution is -0.122. The van der Waals surface area contributed by atoms with Crippen LogP contribution >= 0.6 is 11.8 Å². The topological polar surface area (TPSA) is 116 Å². The highest BCUT2D eigenvalue weighted by molar-refractivity contribution is 8.14. The molecule has 1 aromatic carbocycles. The SMILES string of the molecule is O=C(N[C@@H](CO)C(=O)NC1=NCCS1)c1cc(-n2cccc2)ccc1O. The molecule has 3 rings (SSSR count). The number of hydrogen-bond donors (Lipinski definition) is 4. The third-order valence-electron chi connectivity index (χ3n) is 3.75. The number of thioether (sulfide) groups is 1. The maximum Gasteiger partial charge on any atom is 0.255 e. The van der Waals surface area contributed by atoms with Crippen LogP contribution < -0.4 is 10.6 Å². The van der Waals surface area contributed by atoms with Crippen LogP contribution in [0, 0.1) is 0 Å². The number of benzene rings is 1. The highest BCUT2D eigenvalue weighted by Crippen LogP contribution is 2.21. The summed E-state index contributed by atoms with van der Waals surface area (Å²) in [5, 5.41) is 24.9. The highest BCUT2D eigenvalue weighted by Gasteiger charge is 2.24. The van der Waals surface area contributed by atoms with Gasteiger partial charge in [-0.25, -0.2) is 0 Å². The van der Waals surface area contributed by atoms with E-state index < -0.39 is 24.5 Å². The van der Waals surface area contributed by atoms with Crippen molar-refractivity contribution in [3.05, 3.63) is 48.3 Å². The number of rotatable bonds is 5. The minimum absolute atomic E-state index is 0.00929. The predicted molar refractivity (Wildman–Crippen MR) is 98.7 cm³/mol. The Morgan fingerprint density at radius 1 is 1.31 bits per heavy atom. The van der Waals surface area contributed by atoms with Gasteiger partial charge in [-0.3, -0.25) is 14.6 Å². The molecular weight excluding hydrogens is 356 g/mol. The number of aliphatic imine (C=N–C) groups is 1. The summed E-state index contributed by atoms with van der Waals surface area (Å²) in [6.45, 7) is 0.0457. The molecule has 0 saturated heterocycles. The van der Waals surface area contributed by atoms with Gasteiger partial charge in [0.2, 0.25) is 0 Å². The van der Waals surface area contributed by atoms with Crippen LogP contribution in [-0.4, -0.2) is 56.7 Å². The van der Waals surface area contributed by atoms with Crippen molar-refractivity contribution in [2.75, 3.05) is 18.9 Å². The number of nitrogens with one attached hydrogen (secondary N) is 2. The van der Waals surface area contributed by atoms with Gasteiger partial charge in [0.05, 0.1) is 18.7 Å². The van der Waals surface area contributed by atoms with E-state index in [1.807, 2.05) is 12.1 Å². The Balaban J connectivity index is 1.73. The molecular formula is C17H18N4O4S. The minimum Gasteiger partial charge on any atom is -0.507 e. The average molecular weight is 374 g/mol. The zero-order valence-corrected chi connectivity index (χ0v) is 14.6. The maximum absolute atomic E-state index is 12.5. The van der Waals surface area contributed by atoms with E-state index in [-0.39, 0.29) is 11.3 Å². The van der Waals surface area contributed by atoms with E-state index in [4.69, 9.17) is 0 Å². The summed E-state index contributed by atoms with van der Waals surface area (Å²) < 4.78 is 1.78. The smallest absolute Gasteiger partial charge is 0.255 e. The molecule has 8 nitrogen and oxygen atoms in total. The Hall–Kier alpha value is -2.78. The molecule has 0 radical (unpaired) electrons. The first-order valence-corrected chi connectivity index (χ1v) is 8.93. The average Bonchev–Trinajstić information content (AvgIpc) is 3.33. The van der Waals surface area contributed by atoms with Gasteiger partial charge in [0.25, 0.3) is 11.8 Å². The molecule has 1 atom stereocenters. The lowest BCUT2D eigenvalue weighted by Crippen LogP contribution is -2.49. The molecule has 4 N–H and O–H groups in total. The summed E-state index contributed by atoms with van der Waals surface area (Å²) in [5.74, 6) is -0.653. The van der Waals surface area contributed by atoms with Crippen molar-refractivity contribution < 1.29 is 19.8 Å². The van der Waals surface area contributed by atoms with E-state index in [1.165, 1.54) is 23.9 Å². The third kappa shape index (κ3) is 4.06. The Morgan fingerprint density at radius 2 is 2.08 bits per heavy atom. The van der Waals surface area contributed by atoms with Crippen molar-refractivity contribution in [2.24, 2.45) is 4.99 Å².